The van der Waals surface area contributed by atoms with Crippen LogP contribution in [0.1, 0.15) is 22.3 Å². The quantitative estimate of drug-likeness (QED) is 0.182. The van der Waals surface area contributed by atoms with E-state index >= 15 is 0 Å². The molecule has 2 heteroatoms. The van der Waals surface area contributed by atoms with E-state index in [-0.39, 0.29) is 0 Å². The maximum atomic E-state index is 6.14. The monoisotopic (exact) mass is 530 g/mol. The molecule has 6 aromatic rings. The van der Waals surface area contributed by atoms with Crippen molar-refractivity contribution < 1.29 is 9.47 Å². The summed E-state index contributed by atoms with van der Waals surface area (Å²) < 4.78 is 12.3. The zero-order chi connectivity index (χ0) is 27.8. The lowest BCUT2D eigenvalue weighted by Gasteiger charge is -2.36. The van der Waals surface area contributed by atoms with Crippen LogP contribution in [-0.2, 0) is 5.41 Å². The van der Waals surface area contributed by atoms with Gasteiger partial charge in [-0.2, -0.15) is 0 Å². The Labute approximate surface area is 240 Å². The molecule has 0 atom stereocenters. The molecule has 7 rings (SSSR count). The molecule has 0 bridgehead atoms. The topological polar surface area (TPSA) is 18.5 Å². The van der Waals surface area contributed by atoms with Gasteiger partial charge >= 0.3 is 0 Å². The van der Waals surface area contributed by atoms with Gasteiger partial charge in [-0.25, -0.2) is 0 Å². The molecule has 0 N–H and O–H groups in total. The van der Waals surface area contributed by atoms with Crippen LogP contribution >= 0.6 is 0 Å². The summed E-state index contributed by atoms with van der Waals surface area (Å²) in [6, 6.07) is 43.6. The van der Waals surface area contributed by atoms with Crippen molar-refractivity contribution in [3.63, 3.8) is 0 Å². The van der Waals surface area contributed by atoms with E-state index in [1.54, 1.807) is 12.2 Å². The highest BCUT2D eigenvalue weighted by Crippen LogP contribution is 2.58. The highest BCUT2D eigenvalue weighted by Gasteiger charge is 2.47. The standard InChI is InChI=1S/C39H30O2/c1-3-25-40-37-23-11-15-29-31(37)17-9-21-35(29)39(33-19-7-5-13-27(33)28-14-6-8-20-34(28)39)36-22-10-18-32-30(36)16-12-24-38(32)41-26-4-2/h3-24H,1-2,25-26H2. The van der Waals surface area contributed by atoms with Crippen LogP contribution in [0.15, 0.2) is 147 Å². The molecule has 0 spiro atoms. The molecule has 198 valence electrons. The zero-order valence-electron chi connectivity index (χ0n) is 22.8. The lowest BCUT2D eigenvalue weighted by molar-refractivity contribution is 0.367. The largest absolute Gasteiger partial charge is 0.489 e. The van der Waals surface area contributed by atoms with Crippen LogP contribution in [0.4, 0.5) is 0 Å². The maximum absolute atomic E-state index is 6.14. The van der Waals surface area contributed by atoms with Gasteiger partial charge in [0.05, 0.1) is 5.41 Å². The van der Waals surface area contributed by atoms with Crippen LogP contribution in [0.2, 0.25) is 0 Å². The Morgan fingerprint density at radius 2 is 0.829 bits per heavy atom. The smallest absolute Gasteiger partial charge is 0.127 e. The Hall–Kier alpha value is -5.08. The third kappa shape index (κ3) is 3.72. The Bertz CT molecular complexity index is 1800. The maximum Gasteiger partial charge on any atom is 0.127 e. The third-order valence-electron chi connectivity index (χ3n) is 8.24. The average Bonchev–Trinajstić information content (AvgIpc) is 3.33. The first-order valence-corrected chi connectivity index (χ1v) is 14.0. The van der Waals surface area contributed by atoms with Crippen molar-refractivity contribution >= 4 is 21.5 Å². The van der Waals surface area contributed by atoms with Crippen molar-refractivity contribution in [1.82, 2.24) is 0 Å². The second-order valence-corrected chi connectivity index (χ2v) is 10.4. The van der Waals surface area contributed by atoms with Crippen LogP contribution in [0.3, 0.4) is 0 Å². The minimum atomic E-state index is -0.569. The van der Waals surface area contributed by atoms with Gasteiger partial charge < -0.3 is 9.47 Å². The highest BCUT2D eigenvalue weighted by atomic mass is 16.5. The molecule has 6 aromatic carbocycles. The summed E-state index contributed by atoms with van der Waals surface area (Å²) in [6.45, 7) is 8.61. The number of fused-ring (bicyclic) bond motifs is 5. The van der Waals surface area contributed by atoms with Crippen molar-refractivity contribution in [2.45, 2.75) is 5.41 Å². The number of rotatable bonds is 8. The lowest BCUT2D eigenvalue weighted by Crippen LogP contribution is -2.29. The molecule has 0 amide bonds. The fourth-order valence-corrected chi connectivity index (χ4v) is 6.73. The Balaban J connectivity index is 1.65. The number of ether oxygens (including phenoxy) is 2. The van der Waals surface area contributed by atoms with Gasteiger partial charge in [-0.05, 0) is 56.3 Å². The zero-order valence-corrected chi connectivity index (χ0v) is 22.8. The van der Waals surface area contributed by atoms with E-state index in [2.05, 4.69) is 122 Å². The number of hydrogen-bond donors (Lipinski definition) is 0. The minimum Gasteiger partial charge on any atom is -0.489 e. The second-order valence-electron chi connectivity index (χ2n) is 10.4. The fraction of sp³-hybridized carbons (Fsp3) is 0.0769. The first-order valence-electron chi connectivity index (χ1n) is 14.0. The summed E-state index contributed by atoms with van der Waals surface area (Å²) in [7, 11) is 0. The minimum absolute atomic E-state index is 0.455. The van der Waals surface area contributed by atoms with Crippen LogP contribution in [-0.4, -0.2) is 13.2 Å². The lowest BCUT2D eigenvalue weighted by atomic mass is 9.65. The predicted molar refractivity (Wildman–Crippen MR) is 170 cm³/mol. The molecule has 0 saturated heterocycles. The van der Waals surface area contributed by atoms with Gasteiger partial charge in [-0.1, -0.05) is 135 Å². The van der Waals surface area contributed by atoms with Gasteiger partial charge in [0.2, 0.25) is 0 Å². The molecular weight excluding hydrogens is 500 g/mol. The van der Waals surface area contributed by atoms with Crippen molar-refractivity contribution in [3.8, 4) is 22.6 Å². The summed E-state index contributed by atoms with van der Waals surface area (Å²) in [5.74, 6) is 1.72. The molecular formula is C39H30O2. The molecule has 0 radical (unpaired) electrons. The summed E-state index contributed by atoms with van der Waals surface area (Å²) in [6.07, 6.45) is 3.57. The van der Waals surface area contributed by atoms with Gasteiger partial charge in [0, 0.05) is 10.8 Å². The Morgan fingerprint density at radius 1 is 0.439 bits per heavy atom. The Kier molecular flexibility index (Phi) is 6.17. The van der Waals surface area contributed by atoms with Gasteiger partial charge in [0.1, 0.15) is 24.7 Å². The summed E-state index contributed by atoms with van der Waals surface area (Å²) in [5, 5.41) is 4.50. The van der Waals surface area contributed by atoms with Crippen LogP contribution < -0.4 is 9.47 Å². The molecule has 41 heavy (non-hydrogen) atoms. The van der Waals surface area contributed by atoms with Gasteiger partial charge in [0.15, 0.2) is 0 Å². The summed E-state index contributed by atoms with van der Waals surface area (Å²) >= 11 is 0. The molecule has 0 aromatic heterocycles. The average molecular weight is 531 g/mol. The fourth-order valence-electron chi connectivity index (χ4n) is 6.73. The number of benzene rings is 6. The van der Waals surface area contributed by atoms with Gasteiger partial charge in [-0.15, -0.1) is 0 Å². The molecule has 0 aliphatic heterocycles. The van der Waals surface area contributed by atoms with Crippen molar-refractivity contribution in [1.29, 1.82) is 0 Å². The van der Waals surface area contributed by atoms with E-state index in [0.29, 0.717) is 13.2 Å². The number of hydrogen-bond acceptors (Lipinski definition) is 2. The third-order valence-corrected chi connectivity index (χ3v) is 8.24. The molecule has 2 nitrogen and oxygen atoms in total. The van der Waals surface area contributed by atoms with Crippen LogP contribution in [0, 0.1) is 0 Å². The SMILES string of the molecule is C=CCOc1cccc2c(C3(c4cccc5c(OCC=C)cccc45)c4ccccc4-c4ccccc43)cccc12. The van der Waals surface area contributed by atoms with Crippen LogP contribution in [0.5, 0.6) is 11.5 Å². The van der Waals surface area contributed by atoms with Crippen molar-refractivity contribution in [3.05, 3.63) is 169 Å². The van der Waals surface area contributed by atoms with Crippen molar-refractivity contribution in [2.75, 3.05) is 13.2 Å². The molecule has 0 heterocycles. The van der Waals surface area contributed by atoms with E-state index in [0.717, 1.165) is 33.0 Å². The van der Waals surface area contributed by atoms with Gasteiger partial charge in [0.25, 0.3) is 0 Å². The van der Waals surface area contributed by atoms with E-state index in [1.165, 1.54) is 33.4 Å². The van der Waals surface area contributed by atoms with E-state index < -0.39 is 5.41 Å². The van der Waals surface area contributed by atoms with E-state index in [9.17, 15) is 0 Å². The van der Waals surface area contributed by atoms with Crippen LogP contribution in [0.25, 0.3) is 32.7 Å². The molecule has 0 unspecified atom stereocenters. The first kappa shape index (κ1) is 24.9. The second kappa shape index (κ2) is 10.1. The van der Waals surface area contributed by atoms with Gasteiger partial charge in [-0.3, -0.25) is 0 Å². The first-order chi connectivity index (χ1) is 20.3. The predicted octanol–water partition coefficient (Wildman–Crippen LogP) is 9.49. The highest BCUT2D eigenvalue weighted by molar-refractivity contribution is 6.00. The summed E-state index contributed by atoms with van der Waals surface area (Å²) in [4.78, 5) is 0. The van der Waals surface area contributed by atoms with E-state index in [1.807, 2.05) is 12.1 Å². The molecule has 0 fully saturated rings. The Morgan fingerprint density at radius 3 is 1.29 bits per heavy atom. The van der Waals surface area contributed by atoms with E-state index in [4.69, 9.17) is 9.47 Å². The summed E-state index contributed by atoms with van der Waals surface area (Å²) in [5.41, 5.74) is 6.94. The molecule has 1 aliphatic carbocycles. The van der Waals surface area contributed by atoms with Crippen molar-refractivity contribution in [2.24, 2.45) is 0 Å². The molecule has 1 aliphatic rings. The molecule has 0 saturated carbocycles. The normalized spacial score (nSPS) is 13.0.